The van der Waals surface area contributed by atoms with Crippen LogP contribution in [0.1, 0.15) is 11.6 Å². The molecular formula is C16H13ClN2O2S. The van der Waals surface area contributed by atoms with Gasteiger partial charge in [-0.2, -0.15) is 0 Å². The molecule has 1 N–H and O–H groups in total. The summed E-state index contributed by atoms with van der Waals surface area (Å²) in [5, 5.41) is 4.00. The van der Waals surface area contributed by atoms with Gasteiger partial charge in [0.15, 0.2) is 5.11 Å². The zero-order valence-corrected chi connectivity index (χ0v) is 13.3. The summed E-state index contributed by atoms with van der Waals surface area (Å²) in [7, 11) is 1.59. The number of hydrogen-bond donors (Lipinski definition) is 1. The van der Waals surface area contributed by atoms with E-state index in [0.717, 1.165) is 11.3 Å². The molecule has 1 atom stereocenters. The molecule has 112 valence electrons. The number of halogens is 1. The number of benzene rings is 2. The molecule has 1 aliphatic heterocycles. The molecule has 4 nitrogen and oxygen atoms in total. The van der Waals surface area contributed by atoms with Gasteiger partial charge in [-0.25, -0.2) is 0 Å². The largest absolute Gasteiger partial charge is 0.497 e. The summed E-state index contributed by atoms with van der Waals surface area (Å²) in [6, 6.07) is 13.8. The summed E-state index contributed by atoms with van der Waals surface area (Å²) in [4.78, 5) is 14.2. The molecule has 0 aromatic heterocycles. The molecular weight excluding hydrogens is 320 g/mol. The zero-order valence-electron chi connectivity index (χ0n) is 11.7. The van der Waals surface area contributed by atoms with Gasteiger partial charge in [-0.15, -0.1) is 0 Å². The monoisotopic (exact) mass is 332 g/mol. The summed E-state index contributed by atoms with van der Waals surface area (Å²) in [5.74, 6) is 0.595. The van der Waals surface area contributed by atoms with Crippen molar-refractivity contribution in [1.29, 1.82) is 0 Å². The van der Waals surface area contributed by atoms with E-state index in [1.165, 1.54) is 4.90 Å². The first-order chi connectivity index (χ1) is 10.6. The van der Waals surface area contributed by atoms with Gasteiger partial charge in [0.2, 0.25) is 0 Å². The van der Waals surface area contributed by atoms with Crippen molar-refractivity contribution in [1.82, 2.24) is 5.32 Å². The minimum absolute atomic E-state index is 0.127. The Balaban J connectivity index is 1.91. The van der Waals surface area contributed by atoms with Gasteiger partial charge in [-0.05, 0) is 54.2 Å². The lowest BCUT2D eigenvalue weighted by molar-refractivity contribution is -0.118. The highest BCUT2D eigenvalue weighted by Crippen LogP contribution is 2.29. The van der Waals surface area contributed by atoms with Gasteiger partial charge < -0.3 is 10.1 Å². The molecule has 6 heteroatoms. The van der Waals surface area contributed by atoms with Crippen LogP contribution in [0.15, 0.2) is 48.5 Å². The number of nitrogens with one attached hydrogen (secondary N) is 1. The zero-order chi connectivity index (χ0) is 15.7. The number of methoxy groups -OCH3 is 1. The lowest BCUT2D eigenvalue weighted by Gasteiger charge is -2.15. The van der Waals surface area contributed by atoms with Crippen LogP contribution < -0.4 is 15.0 Å². The van der Waals surface area contributed by atoms with Crippen molar-refractivity contribution in [3.8, 4) is 5.75 Å². The number of hydrogen-bond acceptors (Lipinski definition) is 3. The normalized spacial score (nSPS) is 17.5. The molecule has 1 heterocycles. The van der Waals surface area contributed by atoms with Crippen molar-refractivity contribution in [3.63, 3.8) is 0 Å². The van der Waals surface area contributed by atoms with E-state index in [1.807, 2.05) is 12.1 Å². The molecule has 22 heavy (non-hydrogen) atoms. The number of ether oxygens (including phenoxy) is 1. The van der Waals surface area contributed by atoms with Crippen LogP contribution in [-0.4, -0.2) is 18.1 Å². The Hall–Kier alpha value is -2.11. The maximum absolute atomic E-state index is 12.7. The lowest BCUT2D eigenvalue weighted by atomic mass is 10.1. The Kier molecular flexibility index (Phi) is 4.00. The number of carbonyl (C=O) groups excluding carboxylic acids is 1. The Labute approximate surface area is 138 Å². The maximum Gasteiger partial charge on any atom is 0.260 e. The van der Waals surface area contributed by atoms with Crippen molar-refractivity contribution < 1.29 is 9.53 Å². The van der Waals surface area contributed by atoms with Crippen molar-refractivity contribution in [2.45, 2.75) is 6.04 Å². The third kappa shape index (κ3) is 2.65. The number of rotatable bonds is 3. The molecule has 1 fully saturated rings. The van der Waals surface area contributed by atoms with Crippen LogP contribution in [0, 0.1) is 0 Å². The fourth-order valence-electron chi connectivity index (χ4n) is 2.37. The van der Waals surface area contributed by atoms with Crippen LogP contribution in [-0.2, 0) is 4.79 Å². The van der Waals surface area contributed by atoms with Crippen LogP contribution in [0.25, 0.3) is 0 Å². The van der Waals surface area contributed by atoms with Crippen molar-refractivity contribution >= 4 is 40.5 Å². The molecule has 0 saturated carbocycles. The average Bonchev–Trinajstić information content (AvgIpc) is 2.82. The van der Waals surface area contributed by atoms with Crippen molar-refractivity contribution in [3.05, 3.63) is 59.1 Å². The minimum atomic E-state index is -0.520. The first-order valence-electron chi connectivity index (χ1n) is 6.64. The summed E-state index contributed by atoms with van der Waals surface area (Å²) in [5.41, 5.74) is 1.49. The topological polar surface area (TPSA) is 41.6 Å². The van der Waals surface area contributed by atoms with Crippen LogP contribution in [0.2, 0.25) is 5.02 Å². The summed E-state index contributed by atoms with van der Waals surface area (Å²) >= 11 is 11.3. The van der Waals surface area contributed by atoms with E-state index in [2.05, 4.69) is 5.32 Å². The smallest absolute Gasteiger partial charge is 0.260 e. The molecule has 1 saturated heterocycles. The van der Waals surface area contributed by atoms with E-state index < -0.39 is 6.04 Å². The van der Waals surface area contributed by atoms with E-state index in [4.69, 9.17) is 28.6 Å². The molecule has 3 rings (SSSR count). The first kappa shape index (κ1) is 14.8. The van der Waals surface area contributed by atoms with Crippen molar-refractivity contribution in [2.75, 3.05) is 12.0 Å². The van der Waals surface area contributed by atoms with E-state index in [0.29, 0.717) is 15.8 Å². The summed E-state index contributed by atoms with van der Waals surface area (Å²) < 4.78 is 5.12. The van der Waals surface area contributed by atoms with Crippen molar-refractivity contribution in [2.24, 2.45) is 0 Å². The molecule has 1 aliphatic rings. The molecule has 2 aromatic carbocycles. The molecule has 0 aliphatic carbocycles. The average molecular weight is 333 g/mol. The van der Waals surface area contributed by atoms with E-state index in [1.54, 1.807) is 43.5 Å². The molecule has 0 bridgehead atoms. The second-order valence-electron chi connectivity index (χ2n) is 4.81. The Morgan fingerprint density at radius 1 is 1.23 bits per heavy atom. The first-order valence-corrected chi connectivity index (χ1v) is 7.43. The maximum atomic E-state index is 12.7. The van der Waals surface area contributed by atoms with Gasteiger partial charge >= 0.3 is 0 Å². The molecule has 1 unspecified atom stereocenters. The lowest BCUT2D eigenvalue weighted by Crippen LogP contribution is -2.30. The number of amides is 1. The number of nitrogens with zero attached hydrogens (tertiary/aromatic N) is 1. The third-order valence-electron chi connectivity index (χ3n) is 3.45. The van der Waals surface area contributed by atoms with Gasteiger partial charge in [-0.1, -0.05) is 23.7 Å². The fourth-order valence-corrected chi connectivity index (χ4v) is 2.88. The van der Waals surface area contributed by atoms with Crippen LogP contribution in [0.5, 0.6) is 5.75 Å². The highest BCUT2D eigenvalue weighted by Gasteiger charge is 2.37. The SMILES string of the molecule is COc1ccc(N2C(=O)C(c3cccc(Cl)c3)NC2=S)cc1. The Morgan fingerprint density at radius 3 is 2.59 bits per heavy atom. The van der Waals surface area contributed by atoms with Crippen LogP contribution >= 0.6 is 23.8 Å². The molecule has 1 amide bonds. The third-order valence-corrected chi connectivity index (χ3v) is 3.99. The number of anilines is 1. The van der Waals surface area contributed by atoms with Gasteiger partial charge in [0.1, 0.15) is 11.8 Å². The standard InChI is InChI=1S/C16H13ClN2O2S/c1-21-13-7-5-12(6-8-13)19-15(20)14(18-16(19)22)10-3-2-4-11(17)9-10/h2-9,14H,1H3,(H,18,22). The highest BCUT2D eigenvalue weighted by atomic mass is 35.5. The summed E-state index contributed by atoms with van der Waals surface area (Å²) in [6.07, 6.45) is 0. The quantitative estimate of drug-likeness (QED) is 0.876. The van der Waals surface area contributed by atoms with Gasteiger partial charge in [-0.3, -0.25) is 9.69 Å². The Morgan fingerprint density at radius 2 is 1.95 bits per heavy atom. The van der Waals surface area contributed by atoms with Gasteiger partial charge in [0.25, 0.3) is 5.91 Å². The molecule has 0 spiro atoms. The van der Waals surface area contributed by atoms with E-state index in [-0.39, 0.29) is 5.91 Å². The van der Waals surface area contributed by atoms with Gasteiger partial charge in [0, 0.05) is 5.02 Å². The fraction of sp³-hybridized carbons (Fsp3) is 0.125. The predicted octanol–water partition coefficient (Wildman–Crippen LogP) is 3.31. The number of thiocarbonyl (C=S) groups is 1. The van der Waals surface area contributed by atoms with Crippen LogP contribution in [0.4, 0.5) is 5.69 Å². The second-order valence-corrected chi connectivity index (χ2v) is 5.63. The van der Waals surface area contributed by atoms with Crippen LogP contribution in [0.3, 0.4) is 0 Å². The second kappa shape index (κ2) is 5.94. The van der Waals surface area contributed by atoms with Gasteiger partial charge in [0.05, 0.1) is 12.8 Å². The predicted molar refractivity (Wildman–Crippen MR) is 90.4 cm³/mol. The number of carbonyl (C=O) groups is 1. The molecule has 0 radical (unpaired) electrons. The van der Waals surface area contributed by atoms with E-state index >= 15 is 0 Å². The highest BCUT2D eigenvalue weighted by molar-refractivity contribution is 7.80. The molecule has 2 aromatic rings. The van der Waals surface area contributed by atoms with E-state index in [9.17, 15) is 4.79 Å². The summed E-state index contributed by atoms with van der Waals surface area (Å²) in [6.45, 7) is 0. The Bertz CT molecular complexity index is 733. The minimum Gasteiger partial charge on any atom is -0.497 e.